The van der Waals surface area contributed by atoms with Gasteiger partial charge in [-0.25, -0.2) is 0 Å². The second-order valence-electron chi connectivity index (χ2n) is 16.7. The number of rotatable bonds is 4. The van der Waals surface area contributed by atoms with Crippen molar-refractivity contribution in [1.82, 2.24) is 4.57 Å². The van der Waals surface area contributed by atoms with E-state index in [0.29, 0.717) is 11.4 Å². The molecule has 0 fully saturated rings. The Morgan fingerprint density at radius 2 is 0.968 bits per heavy atom. The molecule has 63 heavy (non-hydrogen) atoms. The fraction of sp³-hybridized carbons (Fsp3) is 0.0345. The van der Waals surface area contributed by atoms with Crippen molar-refractivity contribution in [3.05, 3.63) is 240 Å². The van der Waals surface area contributed by atoms with Crippen LogP contribution in [0.4, 0.5) is 30.2 Å². The largest absolute Gasteiger partial charge is 0.418 e. The Morgan fingerprint density at radius 1 is 0.381 bits per heavy atom. The predicted molar refractivity (Wildman–Crippen MR) is 252 cm³/mol. The minimum atomic E-state index is -4.62. The lowest BCUT2D eigenvalue weighted by Crippen LogP contribution is -2.26. The first-order valence-corrected chi connectivity index (χ1v) is 21.3. The normalized spacial score (nSPS) is 13.4. The molecule has 2 aliphatic carbocycles. The van der Waals surface area contributed by atoms with Crippen molar-refractivity contribution in [3.8, 4) is 27.9 Å². The average molecular weight is 817 g/mol. The molecule has 0 amide bonds. The van der Waals surface area contributed by atoms with Gasteiger partial charge in [0.1, 0.15) is 0 Å². The van der Waals surface area contributed by atoms with Gasteiger partial charge in [0.25, 0.3) is 0 Å². The van der Waals surface area contributed by atoms with Crippen molar-refractivity contribution in [2.24, 2.45) is 0 Å². The van der Waals surface area contributed by atoms with Crippen LogP contribution in [0.5, 0.6) is 0 Å². The number of aromatic nitrogens is 1. The van der Waals surface area contributed by atoms with E-state index < -0.39 is 17.2 Å². The fourth-order valence-electron chi connectivity index (χ4n) is 11.2. The van der Waals surface area contributed by atoms with Crippen molar-refractivity contribution >= 4 is 60.4 Å². The zero-order valence-electron chi connectivity index (χ0n) is 33.7. The number of hydrogen-bond acceptors (Lipinski definition) is 1. The van der Waals surface area contributed by atoms with Gasteiger partial charge < -0.3 is 9.47 Å². The Labute approximate surface area is 361 Å². The quantitative estimate of drug-likeness (QED) is 0.172. The Bertz CT molecular complexity index is 3640. The van der Waals surface area contributed by atoms with Crippen molar-refractivity contribution in [2.45, 2.75) is 11.6 Å². The van der Waals surface area contributed by atoms with E-state index in [0.717, 1.165) is 93.5 Å². The molecule has 11 aromatic rings. The summed E-state index contributed by atoms with van der Waals surface area (Å²) in [6.45, 7) is 0. The first kappa shape index (κ1) is 35.8. The molecule has 1 spiro atoms. The number of nitrogens with zero attached hydrogens (tertiary/aromatic N) is 2. The molecule has 1 heterocycles. The number of anilines is 3. The van der Waals surface area contributed by atoms with E-state index >= 15 is 13.2 Å². The van der Waals surface area contributed by atoms with E-state index in [2.05, 4.69) is 138 Å². The van der Waals surface area contributed by atoms with E-state index in [4.69, 9.17) is 0 Å². The highest BCUT2D eigenvalue weighted by Gasteiger charge is 2.53. The van der Waals surface area contributed by atoms with Crippen LogP contribution in [0.1, 0.15) is 27.8 Å². The predicted octanol–water partition coefficient (Wildman–Crippen LogP) is 15.9. The topological polar surface area (TPSA) is 8.17 Å². The number of para-hydroxylation sites is 3. The number of fused-ring (bicyclic) bond motifs is 16. The molecule has 0 atom stereocenters. The van der Waals surface area contributed by atoms with Gasteiger partial charge in [-0.1, -0.05) is 158 Å². The lowest BCUT2D eigenvalue weighted by Gasteiger charge is -2.34. The molecule has 0 bridgehead atoms. The van der Waals surface area contributed by atoms with E-state index in [1.165, 1.54) is 12.1 Å². The molecule has 0 aliphatic heterocycles. The average Bonchev–Trinajstić information content (AvgIpc) is 3.92. The molecule has 0 radical (unpaired) electrons. The van der Waals surface area contributed by atoms with Gasteiger partial charge in [0, 0.05) is 27.2 Å². The van der Waals surface area contributed by atoms with Gasteiger partial charge in [-0.2, -0.15) is 13.2 Å². The molecular weight excluding hydrogens is 782 g/mol. The molecule has 13 rings (SSSR count). The van der Waals surface area contributed by atoms with Crippen LogP contribution in [-0.4, -0.2) is 4.57 Å². The van der Waals surface area contributed by atoms with Crippen LogP contribution in [0, 0.1) is 0 Å². The van der Waals surface area contributed by atoms with Crippen LogP contribution in [0.2, 0.25) is 0 Å². The molecule has 1 aromatic heterocycles. The minimum absolute atomic E-state index is 0.0670. The maximum absolute atomic E-state index is 15.4. The summed E-state index contributed by atoms with van der Waals surface area (Å²) in [5.74, 6) is 0. The van der Waals surface area contributed by atoms with E-state index in [1.807, 2.05) is 59.5 Å². The number of alkyl halides is 3. The molecule has 0 saturated heterocycles. The highest BCUT2D eigenvalue weighted by molar-refractivity contribution is 6.17. The molecule has 298 valence electrons. The van der Waals surface area contributed by atoms with E-state index in [9.17, 15) is 0 Å². The first-order valence-electron chi connectivity index (χ1n) is 21.3. The molecule has 0 N–H and O–H groups in total. The molecule has 0 saturated carbocycles. The molecule has 10 aromatic carbocycles. The van der Waals surface area contributed by atoms with Crippen LogP contribution in [0.3, 0.4) is 0 Å². The van der Waals surface area contributed by atoms with Crippen LogP contribution in [0.25, 0.3) is 71.3 Å². The first-order chi connectivity index (χ1) is 30.9. The summed E-state index contributed by atoms with van der Waals surface area (Å²) >= 11 is 0. The zero-order valence-corrected chi connectivity index (χ0v) is 33.7. The van der Waals surface area contributed by atoms with Crippen molar-refractivity contribution < 1.29 is 13.2 Å². The summed E-state index contributed by atoms with van der Waals surface area (Å²) in [5.41, 5.74) is 12.2. The smallest absolute Gasteiger partial charge is 0.309 e. The monoisotopic (exact) mass is 816 g/mol. The third-order valence-electron chi connectivity index (χ3n) is 13.6. The summed E-state index contributed by atoms with van der Waals surface area (Å²) < 4.78 is 48.5. The summed E-state index contributed by atoms with van der Waals surface area (Å²) in [7, 11) is 0. The van der Waals surface area contributed by atoms with Crippen molar-refractivity contribution in [3.63, 3.8) is 0 Å². The summed E-state index contributed by atoms with van der Waals surface area (Å²) in [6, 6.07) is 71.6. The molecular formula is C58H35F3N2. The van der Waals surface area contributed by atoms with Crippen LogP contribution >= 0.6 is 0 Å². The van der Waals surface area contributed by atoms with Gasteiger partial charge in [-0.15, -0.1) is 0 Å². The molecule has 5 heteroatoms. The maximum atomic E-state index is 15.4. The zero-order chi connectivity index (χ0) is 42.0. The molecule has 2 aliphatic rings. The summed E-state index contributed by atoms with van der Waals surface area (Å²) in [4.78, 5) is 1.87. The van der Waals surface area contributed by atoms with Crippen LogP contribution in [-0.2, 0) is 11.6 Å². The summed E-state index contributed by atoms with van der Waals surface area (Å²) in [5, 5.41) is 5.92. The highest BCUT2D eigenvalue weighted by Crippen LogP contribution is 2.66. The summed E-state index contributed by atoms with van der Waals surface area (Å²) in [6.07, 6.45) is -4.62. The third kappa shape index (κ3) is 4.85. The highest BCUT2D eigenvalue weighted by atomic mass is 19.4. The van der Waals surface area contributed by atoms with E-state index in [-0.39, 0.29) is 5.69 Å². The van der Waals surface area contributed by atoms with Gasteiger partial charge in [0.05, 0.1) is 39.1 Å². The lowest BCUT2D eigenvalue weighted by atomic mass is 9.70. The van der Waals surface area contributed by atoms with Gasteiger partial charge in [0.2, 0.25) is 0 Å². The lowest BCUT2D eigenvalue weighted by molar-refractivity contribution is -0.137. The van der Waals surface area contributed by atoms with Crippen LogP contribution in [0.15, 0.2) is 212 Å². The SMILES string of the molecule is FC(F)(F)c1ccccc1N(c1cccc2ccccc12)c1cc2c(c3ccccc13)-c1cc3c(cc1C21c2ccccc2-c2ccccc21)c1ccccc1n3-c1ccccc1. The minimum Gasteiger partial charge on any atom is -0.309 e. The van der Waals surface area contributed by atoms with Gasteiger partial charge in [0.15, 0.2) is 0 Å². The number of halogens is 3. The van der Waals surface area contributed by atoms with Crippen molar-refractivity contribution in [2.75, 3.05) is 4.90 Å². The fourth-order valence-corrected chi connectivity index (χ4v) is 11.2. The third-order valence-corrected chi connectivity index (χ3v) is 13.6. The standard InChI is InChI=1S/C58H35F3N2/c59-58(60,61)48-29-13-15-31-53(48)63(51-32-16-18-36-17-4-5-21-38(36)51)55-35-50-56(43-26-7-6-24-41(43)55)45-34-54-44(42-25-10-14-30-52(42)62(54)37-19-2-1-3-20-37)33-49(45)57(50)46-27-11-8-22-39(46)40-23-9-12-28-47(40)57/h1-35H. The maximum Gasteiger partial charge on any atom is 0.418 e. The van der Waals surface area contributed by atoms with Crippen LogP contribution < -0.4 is 4.90 Å². The molecule has 0 unspecified atom stereocenters. The second kappa shape index (κ2) is 13.1. The Balaban J connectivity index is 1.23. The van der Waals surface area contributed by atoms with Crippen molar-refractivity contribution in [1.29, 1.82) is 0 Å². The molecule has 2 nitrogen and oxygen atoms in total. The van der Waals surface area contributed by atoms with Gasteiger partial charge >= 0.3 is 6.18 Å². The Kier molecular flexibility index (Phi) is 7.43. The number of hydrogen-bond donors (Lipinski definition) is 0. The second-order valence-corrected chi connectivity index (χ2v) is 16.7. The Morgan fingerprint density at radius 3 is 1.73 bits per heavy atom. The van der Waals surface area contributed by atoms with Gasteiger partial charge in [-0.05, 0) is 110 Å². The van der Waals surface area contributed by atoms with Gasteiger partial charge in [-0.3, -0.25) is 0 Å². The van der Waals surface area contributed by atoms with E-state index in [1.54, 1.807) is 12.1 Å². The number of benzene rings is 10. The Hall–Kier alpha value is -7.89.